The number of hydrogen-bond donors (Lipinski definition) is 0. The molecule has 0 bridgehead atoms. The fourth-order valence-electron chi connectivity index (χ4n) is 8.99. The van der Waals surface area contributed by atoms with Crippen LogP contribution in [0.5, 0.6) is 0 Å². The monoisotopic (exact) mass is 671 g/mol. The van der Waals surface area contributed by atoms with Gasteiger partial charge in [0.25, 0.3) is 0 Å². The maximum absolute atomic E-state index is 2.47. The van der Waals surface area contributed by atoms with Crippen molar-refractivity contribution in [1.29, 1.82) is 0 Å². The summed E-state index contributed by atoms with van der Waals surface area (Å²) in [5.41, 5.74) is 11.1. The predicted octanol–water partition coefficient (Wildman–Crippen LogP) is 14.4. The Kier molecular flexibility index (Phi) is 6.62. The lowest BCUT2D eigenvalue weighted by atomic mass is 9.83. The van der Waals surface area contributed by atoms with Gasteiger partial charge in [-0.15, -0.1) is 0 Å². The average molecular weight is 672 g/mol. The van der Waals surface area contributed by atoms with E-state index in [1.165, 1.54) is 98.3 Å². The van der Waals surface area contributed by atoms with Crippen molar-refractivity contribution in [2.24, 2.45) is 0 Å². The third kappa shape index (κ3) is 4.44. The quantitative estimate of drug-likeness (QED) is 0.164. The molecule has 0 amide bonds. The molecule has 1 aromatic heterocycles. The van der Waals surface area contributed by atoms with Crippen LogP contribution in [0, 0.1) is 0 Å². The molecule has 0 aliphatic heterocycles. The van der Waals surface area contributed by atoms with E-state index in [0.29, 0.717) is 0 Å². The zero-order valence-corrected chi connectivity index (χ0v) is 29.0. The fraction of sp³-hybridized carbons (Fsp3) is 0. The smallest absolute Gasteiger partial charge is 0.0553 e. The first kappa shape index (κ1) is 29.7. The largest absolute Gasteiger partial charge is 0.309 e. The number of hydrogen-bond acceptors (Lipinski definition) is 0. The number of nitrogens with zero attached hydrogens (tertiary/aromatic N) is 1. The fourth-order valence-corrected chi connectivity index (χ4v) is 8.99. The highest BCUT2D eigenvalue weighted by molar-refractivity contribution is 6.31. The van der Waals surface area contributed by atoms with Gasteiger partial charge in [-0.05, 0) is 101 Å². The van der Waals surface area contributed by atoms with E-state index >= 15 is 0 Å². The second-order valence-electron chi connectivity index (χ2n) is 14.0. The first-order valence-corrected chi connectivity index (χ1v) is 18.4. The minimum atomic E-state index is 1.16. The number of fused-ring (bicyclic) bond motifs is 9. The Morgan fingerprint density at radius 3 is 1.45 bits per heavy atom. The molecule has 0 spiro atoms. The molecule has 0 N–H and O–H groups in total. The number of aromatic nitrogens is 1. The van der Waals surface area contributed by atoms with E-state index in [9.17, 15) is 0 Å². The predicted molar refractivity (Wildman–Crippen MR) is 227 cm³/mol. The molecule has 0 atom stereocenters. The molecule has 10 aromatic carbocycles. The summed E-state index contributed by atoms with van der Waals surface area (Å²) >= 11 is 0. The summed E-state index contributed by atoms with van der Waals surface area (Å²) in [5, 5.41) is 12.7. The third-order valence-corrected chi connectivity index (χ3v) is 11.2. The molecule has 1 heteroatoms. The van der Waals surface area contributed by atoms with E-state index in [-0.39, 0.29) is 0 Å². The summed E-state index contributed by atoms with van der Waals surface area (Å²) in [4.78, 5) is 0. The third-order valence-electron chi connectivity index (χ3n) is 11.2. The topological polar surface area (TPSA) is 4.93 Å². The van der Waals surface area contributed by atoms with Gasteiger partial charge in [0.15, 0.2) is 0 Å². The number of para-hydroxylation sites is 1. The molecule has 0 fully saturated rings. The highest BCUT2D eigenvalue weighted by atomic mass is 15.0. The maximum atomic E-state index is 2.47. The van der Waals surface area contributed by atoms with Crippen molar-refractivity contribution in [3.8, 4) is 39.1 Å². The summed E-state index contributed by atoms with van der Waals surface area (Å²) in [6, 6.07) is 73.5. The summed E-state index contributed by atoms with van der Waals surface area (Å²) in [6.07, 6.45) is 0. The second-order valence-corrected chi connectivity index (χ2v) is 14.0. The highest BCUT2D eigenvalue weighted by Gasteiger charge is 2.23. The van der Waals surface area contributed by atoms with Gasteiger partial charge in [0.2, 0.25) is 0 Å². The lowest BCUT2D eigenvalue weighted by Gasteiger charge is -2.20. The van der Waals surface area contributed by atoms with Gasteiger partial charge in [-0.2, -0.15) is 0 Å². The molecule has 11 aromatic rings. The molecule has 0 radical (unpaired) electrons. The van der Waals surface area contributed by atoms with E-state index in [2.05, 4.69) is 205 Å². The van der Waals surface area contributed by atoms with Crippen molar-refractivity contribution in [3.05, 3.63) is 200 Å². The van der Waals surface area contributed by atoms with Gasteiger partial charge >= 0.3 is 0 Å². The highest BCUT2D eigenvalue weighted by Crippen LogP contribution is 2.49. The van der Waals surface area contributed by atoms with Crippen LogP contribution in [-0.4, -0.2) is 4.57 Å². The maximum Gasteiger partial charge on any atom is 0.0553 e. The lowest BCUT2D eigenvalue weighted by molar-refractivity contribution is 1.18. The van der Waals surface area contributed by atoms with Crippen LogP contribution in [0.25, 0.3) is 104 Å². The zero-order chi connectivity index (χ0) is 34.9. The van der Waals surface area contributed by atoms with Crippen molar-refractivity contribution < 1.29 is 0 Å². The minimum Gasteiger partial charge on any atom is -0.309 e. The van der Waals surface area contributed by atoms with Crippen LogP contribution >= 0.6 is 0 Å². The van der Waals surface area contributed by atoms with Crippen LogP contribution < -0.4 is 0 Å². The minimum absolute atomic E-state index is 1.16. The molecule has 0 aliphatic carbocycles. The molecular formula is C52H33N. The van der Waals surface area contributed by atoms with Crippen molar-refractivity contribution in [1.82, 2.24) is 4.57 Å². The Balaban J connectivity index is 1.29. The van der Waals surface area contributed by atoms with Gasteiger partial charge in [-0.25, -0.2) is 0 Å². The molecule has 0 aliphatic rings. The summed E-state index contributed by atoms with van der Waals surface area (Å²) < 4.78 is 2.47. The molecule has 246 valence electrons. The second kappa shape index (κ2) is 11.8. The van der Waals surface area contributed by atoms with Crippen LogP contribution in [0.2, 0.25) is 0 Å². The summed E-state index contributed by atoms with van der Waals surface area (Å²) in [5.74, 6) is 0. The molecule has 53 heavy (non-hydrogen) atoms. The van der Waals surface area contributed by atoms with Gasteiger partial charge in [-0.3, -0.25) is 0 Å². The SMILES string of the molecule is c1ccc(-c2c3ccccc3c(-c3ccccc3-c3cc4c(c5ccccc35)c3c5ccccc5ccc3n4-c3ccccc3)c3ccccc23)cc1. The molecule has 0 unspecified atom stereocenters. The van der Waals surface area contributed by atoms with Crippen molar-refractivity contribution >= 4 is 64.9 Å². The molecule has 1 nitrogen and oxygen atoms in total. The van der Waals surface area contributed by atoms with Crippen molar-refractivity contribution in [2.45, 2.75) is 0 Å². The van der Waals surface area contributed by atoms with E-state index in [1.54, 1.807) is 0 Å². The van der Waals surface area contributed by atoms with E-state index < -0.39 is 0 Å². The van der Waals surface area contributed by atoms with Crippen LogP contribution in [0.4, 0.5) is 0 Å². The van der Waals surface area contributed by atoms with E-state index in [0.717, 1.165) is 5.69 Å². The molecule has 0 saturated heterocycles. The van der Waals surface area contributed by atoms with Crippen molar-refractivity contribution in [2.75, 3.05) is 0 Å². The van der Waals surface area contributed by atoms with Gasteiger partial charge in [0, 0.05) is 16.5 Å². The summed E-state index contributed by atoms with van der Waals surface area (Å²) in [6.45, 7) is 0. The van der Waals surface area contributed by atoms with Crippen LogP contribution in [-0.2, 0) is 0 Å². The Bertz CT molecular complexity index is 3150. The lowest BCUT2D eigenvalue weighted by Crippen LogP contribution is -1.95. The normalized spacial score (nSPS) is 11.8. The summed E-state index contributed by atoms with van der Waals surface area (Å²) in [7, 11) is 0. The van der Waals surface area contributed by atoms with Gasteiger partial charge in [0.1, 0.15) is 0 Å². The van der Waals surface area contributed by atoms with Gasteiger partial charge in [0.05, 0.1) is 11.0 Å². The first-order chi connectivity index (χ1) is 26.3. The molecule has 0 saturated carbocycles. The Morgan fingerprint density at radius 1 is 0.283 bits per heavy atom. The molecular weight excluding hydrogens is 639 g/mol. The van der Waals surface area contributed by atoms with E-state index in [1.807, 2.05) is 0 Å². The number of rotatable bonds is 4. The standard InChI is InChI=1S/C52H33N/c1-3-18-35(19-4-1)49-42-27-13-15-29-44(42)50(45-30-16-14-28-43(45)49)40-25-11-9-23-38(40)46-33-48-52(41-26-12-10-24-39(41)46)51-37-22-8-7-17-34(37)31-32-47(51)53(48)36-20-5-2-6-21-36/h1-33H. The number of benzene rings is 10. The first-order valence-electron chi connectivity index (χ1n) is 18.4. The Hall–Kier alpha value is -6.96. The molecule has 11 rings (SSSR count). The van der Waals surface area contributed by atoms with Crippen LogP contribution in [0.1, 0.15) is 0 Å². The van der Waals surface area contributed by atoms with Crippen LogP contribution in [0.3, 0.4) is 0 Å². The van der Waals surface area contributed by atoms with Gasteiger partial charge < -0.3 is 4.57 Å². The Morgan fingerprint density at radius 2 is 0.774 bits per heavy atom. The van der Waals surface area contributed by atoms with Crippen LogP contribution in [0.15, 0.2) is 200 Å². The Labute approximate surface area is 307 Å². The zero-order valence-electron chi connectivity index (χ0n) is 29.0. The van der Waals surface area contributed by atoms with Crippen molar-refractivity contribution in [3.63, 3.8) is 0 Å². The molecule has 1 heterocycles. The average Bonchev–Trinajstić information content (AvgIpc) is 3.58. The van der Waals surface area contributed by atoms with E-state index in [4.69, 9.17) is 0 Å². The van der Waals surface area contributed by atoms with Gasteiger partial charge in [-0.1, -0.05) is 176 Å².